The van der Waals surface area contributed by atoms with Crippen molar-refractivity contribution in [2.45, 2.75) is 24.7 Å². The number of carbonyl (C=O) groups excluding carboxylic acids is 2. The number of nitrogens with zero attached hydrogens (tertiary/aromatic N) is 4. The van der Waals surface area contributed by atoms with Crippen molar-refractivity contribution < 1.29 is 22.9 Å². The number of nitro groups is 1. The molecule has 0 aromatic heterocycles. The Morgan fingerprint density at radius 1 is 0.971 bits per heavy atom. The molecule has 11 heteroatoms. The van der Waals surface area contributed by atoms with E-state index in [1.54, 1.807) is 34.1 Å². The maximum absolute atomic E-state index is 13.4. The fraction of sp³-hybridized carbons (Fsp3) is 0.391. The number of aryl methyl sites for hydroxylation is 1. The van der Waals surface area contributed by atoms with Crippen LogP contribution in [0.5, 0.6) is 0 Å². The molecular weight excluding hydrogens is 460 g/mol. The van der Waals surface area contributed by atoms with Crippen molar-refractivity contribution in [2.24, 2.45) is 0 Å². The van der Waals surface area contributed by atoms with Gasteiger partial charge in [0.1, 0.15) is 5.69 Å². The molecule has 180 valence electrons. The predicted molar refractivity (Wildman–Crippen MR) is 127 cm³/mol. The van der Waals surface area contributed by atoms with Crippen LogP contribution in [-0.2, 0) is 21.1 Å². The van der Waals surface area contributed by atoms with Crippen LogP contribution in [0.25, 0.3) is 0 Å². The molecule has 2 amide bonds. The lowest BCUT2D eigenvalue weighted by atomic mass is 10.0. The van der Waals surface area contributed by atoms with E-state index in [0.717, 1.165) is 11.8 Å². The highest BCUT2D eigenvalue weighted by molar-refractivity contribution is 7.90. The number of piperazine rings is 1. The first-order valence-electron chi connectivity index (χ1n) is 11.0. The van der Waals surface area contributed by atoms with Crippen LogP contribution in [-0.4, -0.2) is 69.0 Å². The smallest absolute Gasteiger partial charge is 0.293 e. The number of hydrogen-bond donors (Lipinski definition) is 0. The molecule has 0 bridgehead atoms. The first-order valence-corrected chi connectivity index (χ1v) is 12.9. The number of amides is 2. The van der Waals surface area contributed by atoms with Gasteiger partial charge in [-0.05, 0) is 48.7 Å². The lowest BCUT2D eigenvalue weighted by Crippen LogP contribution is -2.48. The molecule has 2 aromatic carbocycles. The molecule has 2 aromatic rings. The van der Waals surface area contributed by atoms with Crippen molar-refractivity contribution in [1.29, 1.82) is 0 Å². The Balaban J connectivity index is 1.62. The van der Waals surface area contributed by atoms with Crippen molar-refractivity contribution in [1.82, 2.24) is 4.90 Å². The van der Waals surface area contributed by atoms with Gasteiger partial charge >= 0.3 is 0 Å². The third-order valence-electron chi connectivity index (χ3n) is 6.33. The van der Waals surface area contributed by atoms with E-state index in [9.17, 15) is 28.1 Å². The van der Waals surface area contributed by atoms with Crippen LogP contribution in [0.2, 0.25) is 0 Å². The van der Waals surface area contributed by atoms with E-state index in [4.69, 9.17) is 0 Å². The zero-order chi connectivity index (χ0) is 24.6. The second kappa shape index (κ2) is 9.05. The maximum Gasteiger partial charge on any atom is 0.293 e. The average molecular weight is 487 g/mol. The molecule has 1 fully saturated rings. The number of benzene rings is 2. The molecular formula is C23H26N4O6S. The van der Waals surface area contributed by atoms with E-state index in [0.29, 0.717) is 56.9 Å². The first-order chi connectivity index (χ1) is 16.1. The highest BCUT2D eigenvalue weighted by Crippen LogP contribution is 2.34. The minimum atomic E-state index is -3.37. The van der Waals surface area contributed by atoms with Gasteiger partial charge in [0.15, 0.2) is 9.84 Å². The number of anilines is 2. The number of sulfone groups is 1. The summed E-state index contributed by atoms with van der Waals surface area (Å²) >= 11 is 0. The van der Waals surface area contributed by atoms with Crippen LogP contribution < -0.4 is 9.80 Å². The van der Waals surface area contributed by atoms with Gasteiger partial charge < -0.3 is 14.7 Å². The maximum atomic E-state index is 13.4. The summed E-state index contributed by atoms with van der Waals surface area (Å²) in [7, 11) is -3.37. The van der Waals surface area contributed by atoms with Crippen molar-refractivity contribution in [2.75, 3.05) is 48.8 Å². The fourth-order valence-electron chi connectivity index (χ4n) is 4.50. The molecule has 2 aliphatic heterocycles. The molecule has 0 unspecified atom stereocenters. The number of rotatable bonds is 4. The molecule has 2 aliphatic rings. The van der Waals surface area contributed by atoms with Gasteiger partial charge in [-0.25, -0.2) is 8.42 Å². The lowest BCUT2D eigenvalue weighted by molar-refractivity contribution is -0.384. The van der Waals surface area contributed by atoms with E-state index in [-0.39, 0.29) is 28.0 Å². The molecule has 2 heterocycles. The summed E-state index contributed by atoms with van der Waals surface area (Å²) in [6.45, 7) is 3.83. The van der Waals surface area contributed by atoms with Crippen molar-refractivity contribution in [3.05, 3.63) is 57.6 Å². The van der Waals surface area contributed by atoms with Gasteiger partial charge in [0.2, 0.25) is 5.91 Å². The van der Waals surface area contributed by atoms with Gasteiger partial charge in [-0.3, -0.25) is 19.7 Å². The number of carbonyl (C=O) groups is 2. The van der Waals surface area contributed by atoms with E-state index in [2.05, 4.69) is 0 Å². The normalized spacial score (nSPS) is 16.2. The molecule has 1 saturated heterocycles. The summed E-state index contributed by atoms with van der Waals surface area (Å²) in [6, 6.07) is 9.17. The number of fused-ring (bicyclic) bond motifs is 1. The lowest BCUT2D eigenvalue weighted by Gasteiger charge is -2.35. The van der Waals surface area contributed by atoms with Crippen LogP contribution in [0.4, 0.5) is 17.1 Å². The summed E-state index contributed by atoms with van der Waals surface area (Å²) in [5.41, 5.74) is 1.83. The van der Waals surface area contributed by atoms with Crippen LogP contribution >= 0.6 is 0 Å². The van der Waals surface area contributed by atoms with Gasteiger partial charge in [-0.2, -0.15) is 0 Å². The second-order valence-corrected chi connectivity index (χ2v) is 10.6. The number of nitro benzene ring substituents is 1. The van der Waals surface area contributed by atoms with E-state index < -0.39 is 14.8 Å². The Hall–Kier alpha value is -3.47. The van der Waals surface area contributed by atoms with Crippen molar-refractivity contribution in [3.8, 4) is 0 Å². The third-order valence-corrected chi connectivity index (χ3v) is 7.44. The van der Waals surface area contributed by atoms with Gasteiger partial charge in [0.05, 0.1) is 9.82 Å². The first kappa shape index (κ1) is 23.7. The minimum Gasteiger partial charge on any atom is -0.362 e. The SMILES string of the molecule is CC(=O)N1CCN(c2ccc(C(=O)N3CCCc4cc(S(C)(=O)=O)ccc43)cc2[N+](=O)[O-])CC1. The summed E-state index contributed by atoms with van der Waals surface area (Å²) < 4.78 is 23.8. The molecule has 0 radical (unpaired) electrons. The van der Waals surface area contributed by atoms with Gasteiger partial charge in [-0.1, -0.05) is 0 Å². The van der Waals surface area contributed by atoms with E-state index >= 15 is 0 Å². The van der Waals surface area contributed by atoms with Gasteiger partial charge in [0.25, 0.3) is 11.6 Å². The largest absolute Gasteiger partial charge is 0.362 e. The highest BCUT2D eigenvalue weighted by Gasteiger charge is 2.29. The molecule has 0 aliphatic carbocycles. The van der Waals surface area contributed by atoms with Crippen LogP contribution in [0.15, 0.2) is 41.3 Å². The Morgan fingerprint density at radius 2 is 1.65 bits per heavy atom. The Morgan fingerprint density at radius 3 is 2.26 bits per heavy atom. The molecule has 34 heavy (non-hydrogen) atoms. The standard InChI is InChI=1S/C23H26N4O6S/c1-16(28)24-10-12-25(13-11-24)21-7-5-18(15-22(21)27(30)31)23(29)26-9-3-4-17-14-19(34(2,32)33)6-8-20(17)26/h5-8,14-15H,3-4,9-13H2,1-2H3. The van der Waals surface area contributed by atoms with Gasteiger partial charge in [-0.15, -0.1) is 0 Å². The highest BCUT2D eigenvalue weighted by atomic mass is 32.2. The summed E-state index contributed by atoms with van der Waals surface area (Å²) in [5.74, 6) is -0.398. The summed E-state index contributed by atoms with van der Waals surface area (Å²) in [4.78, 5) is 41.6. The molecule has 0 spiro atoms. The summed E-state index contributed by atoms with van der Waals surface area (Å²) in [5, 5.41) is 11.9. The van der Waals surface area contributed by atoms with Crippen molar-refractivity contribution >= 4 is 38.7 Å². The van der Waals surface area contributed by atoms with Crippen molar-refractivity contribution in [3.63, 3.8) is 0 Å². The Kier molecular flexibility index (Phi) is 6.30. The second-order valence-electron chi connectivity index (χ2n) is 8.58. The molecule has 0 atom stereocenters. The number of hydrogen-bond acceptors (Lipinski definition) is 7. The quantitative estimate of drug-likeness (QED) is 0.480. The molecule has 10 nitrogen and oxygen atoms in total. The Bertz CT molecular complexity index is 1270. The minimum absolute atomic E-state index is 0.0273. The summed E-state index contributed by atoms with van der Waals surface area (Å²) in [6.07, 6.45) is 2.45. The monoisotopic (exact) mass is 486 g/mol. The van der Waals surface area contributed by atoms with Crippen LogP contribution in [0.1, 0.15) is 29.3 Å². The van der Waals surface area contributed by atoms with E-state index in [1.165, 1.54) is 19.1 Å². The fourth-order valence-corrected chi connectivity index (χ4v) is 5.17. The predicted octanol–water partition coefficient (Wildman–Crippen LogP) is 2.26. The van der Waals surface area contributed by atoms with Gasteiger partial charge in [0, 0.05) is 63.2 Å². The molecule has 0 saturated carbocycles. The third kappa shape index (κ3) is 4.60. The zero-order valence-corrected chi connectivity index (χ0v) is 19.9. The van der Waals surface area contributed by atoms with Crippen LogP contribution in [0, 0.1) is 10.1 Å². The zero-order valence-electron chi connectivity index (χ0n) is 19.1. The average Bonchev–Trinajstić information content (AvgIpc) is 2.82. The molecule has 4 rings (SSSR count). The van der Waals surface area contributed by atoms with E-state index in [1.807, 2.05) is 4.90 Å². The topological polar surface area (TPSA) is 121 Å². The molecule has 0 N–H and O–H groups in total. The van der Waals surface area contributed by atoms with Crippen LogP contribution in [0.3, 0.4) is 0 Å². The Labute approximate surface area is 197 Å².